The highest BCUT2D eigenvalue weighted by atomic mass is 35.5. The number of nitrogens with two attached hydrogens (primary N) is 2. The fourth-order valence-corrected chi connectivity index (χ4v) is 4.24. The number of hydrogen-bond donors (Lipinski definition) is 2. The highest BCUT2D eigenvalue weighted by molar-refractivity contribution is 6.41. The molecular formula is C27H39Cl2N7O3. The first-order valence-corrected chi connectivity index (χ1v) is 13.0. The number of halogens is 2. The van der Waals surface area contributed by atoms with Gasteiger partial charge < -0.3 is 30.7 Å². The van der Waals surface area contributed by atoms with E-state index in [0.29, 0.717) is 44.6 Å². The fraction of sp³-hybridized carbons (Fsp3) is 0.407. The van der Waals surface area contributed by atoms with Crippen LogP contribution in [0.1, 0.15) is 12.8 Å². The van der Waals surface area contributed by atoms with Crippen LogP contribution in [0.4, 0.5) is 5.95 Å². The number of hydrogen-bond acceptors (Lipinski definition) is 10. The minimum absolute atomic E-state index is 0.186. The number of rotatable bonds is 7. The molecule has 1 fully saturated rings. The molecule has 1 aliphatic heterocycles. The highest BCUT2D eigenvalue weighted by Crippen LogP contribution is 2.45. The average Bonchev–Trinajstić information content (AvgIpc) is 3.48. The van der Waals surface area contributed by atoms with Gasteiger partial charge in [0.2, 0.25) is 5.95 Å². The minimum Gasteiger partial charge on any atom is -0.495 e. The van der Waals surface area contributed by atoms with Crippen molar-refractivity contribution in [1.82, 2.24) is 24.8 Å². The molecule has 0 amide bonds. The Balaban J connectivity index is 0.000000394. The van der Waals surface area contributed by atoms with Crippen molar-refractivity contribution >= 4 is 46.3 Å². The van der Waals surface area contributed by atoms with Gasteiger partial charge in [0, 0.05) is 36.3 Å². The SMILES string of the molecule is C=CC=O.CN.CN(C)CCN1CCCC1.COc1cc(OC)c(Cl)c(-c2cc3cnc(N)nc3cn2)c1Cl. The quantitative estimate of drug-likeness (QED) is 0.310. The number of aromatic nitrogens is 3. The van der Waals surface area contributed by atoms with Gasteiger partial charge in [0.15, 0.2) is 0 Å². The molecule has 12 heteroatoms. The maximum absolute atomic E-state index is 9.06. The van der Waals surface area contributed by atoms with E-state index >= 15 is 0 Å². The van der Waals surface area contributed by atoms with E-state index in [9.17, 15) is 0 Å². The molecule has 3 aromatic rings. The van der Waals surface area contributed by atoms with Crippen LogP contribution in [0.25, 0.3) is 22.2 Å². The van der Waals surface area contributed by atoms with Crippen molar-refractivity contribution in [3.63, 3.8) is 0 Å². The van der Waals surface area contributed by atoms with Crippen LogP contribution >= 0.6 is 23.2 Å². The molecular weight excluding hydrogens is 541 g/mol. The van der Waals surface area contributed by atoms with Crippen LogP contribution in [-0.4, -0.2) is 92.6 Å². The number of likely N-dealkylation sites (tertiary alicyclic amines) is 1. The van der Waals surface area contributed by atoms with E-state index in [4.69, 9.17) is 43.2 Å². The van der Waals surface area contributed by atoms with Crippen LogP contribution in [0, 0.1) is 0 Å². The van der Waals surface area contributed by atoms with Gasteiger partial charge in [0.25, 0.3) is 0 Å². The lowest BCUT2D eigenvalue weighted by Gasteiger charge is -2.17. The number of carbonyl (C=O) groups excluding carboxylic acids is 1. The Morgan fingerprint density at radius 1 is 1.05 bits per heavy atom. The molecule has 214 valence electrons. The molecule has 1 saturated heterocycles. The van der Waals surface area contributed by atoms with E-state index < -0.39 is 0 Å². The molecule has 1 aromatic carbocycles. The van der Waals surface area contributed by atoms with E-state index in [0.717, 1.165) is 5.39 Å². The van der Waals surface area contributed by atoms with Crippen molar-refractivity contribution < 1.29 is 14.3 Å². The van der Waals surface area contributed by atoms with Crippen molar-refractivity contribution in [1.29, 1.82) is 0 Å². The summed E-state index contributed by atoms with van der Waals surface area (Å²) in [5.74, 6) is 1.07. The standard InChI is InChI=1S/C15H12Cl2N4O2.C8H18N2.C3H4O.CH5N/c1-22-10-4-11(23-2)14(17)12(13(10)16)8-3-7-5-20-15(18)21-9(7)6-19-8;1-9(2)7-8-10-5-3-4-6-10;1-2-3-4;1-2/h3-6H,1-2H3,(H2,18,20,21);3-8H2,1-2H3;2-3H,1H2;2H2,1H3. The van der Waals surface area contributed by atoms with Crippen LogP contribution in [-0.2, 0) is 4.79 Å². The van der Waals surface area contributed by atoms with Crippen molar-refractivity contribution in [2.24, 2.45) is 5.73 Å². The molecule has 2 aromatic heterocycles. The zero-order valence-electron chi connectivity index (χ0n) is 23.3. The molecule has 0 aliphatic carbocycles. The maximum atomic E-state index is 9.06. The van der Waals surface area contributed by atoms with Gasteiger partial charge in [-0.3, -0.25) is 9.78 Å². The van der Waals surface area contributed by atoms with Crippen LogP contribution < -0.4 is 20.9 Å². The molecule has 0 saturated carbocycles. The van der Waals surface area contributed by atoms with Crippen LogP contribution in [0.2, 0.25) is 10.0 Å². The van der Waals surface area contributed by atoms with Gasteiger partial charge in [0.05, 0.1) is 41.7 Å². The van der Waals surface area contributed by atoms with Gasteiger partial charge in [-0.15, -0.1) is 0 Å². The third kappa shape index (κ3) is 10.6. The lowest BCUT2D eigenvalue weighted by atomic mass is 10.1. The van der Waals surface area contributed by atoms with Gasteiger partial charge >= 0.3 is 0 Å². The molecule has 3 heterocycles. The smallest absolute Gasteiger partial charge is 0.220 e. The molecule has 0 radical (unpaired) electrons. The van der Waals surface area contributed by atoms with Gasteiger partial charge in [-0.2, -0.15) is 0 Å². The monoisotopic (exact) mass is 579 g/mol. The number of likely N-dealkylation sites (N-methyl/N-ethyl adjacent to an activating group) is 1. The molecule has 10 nitrogen and oxygen atoms in total. The predicted molar refractivity (Wildman–Crippen MR) is 161 cm³/mol. The zero-order valence-corrected chi connectivity index (χ0v) is 24.8. The zero-order chi connectivity index (χ0) is 29.4. The Labute approximate surface area is 240 Å². The van der Waals surface area contributed by atoms with E-state index in [1.165, 1.54) is 66.4 Å². The summed E-state index contributed by atoms with van der Waals surface area (Å²) in [6.45, 7) is 8.23. The number of carbonyl (C=O) groups is 1. The minimum atomic E-state index is 0.186. The Hall–Kier alpha value is -3.02. The molecule has 0 spiro atoms. The van der Waals surface area contributed by atoms with E-state index in [-0.39, 0.29) is 5.95 Å². The first kappa shape index (κ1) is 34.0. The normalized spacial score (nSPS) is 12.3. The molecule has 0 atom stereocenters. The van der Waals surface area contributed by atoms with Crippen LogP contribution in [0.3, 0.4) is 0 Å². The Bertz CT molecular complexity index is 1160. The Morgan fingerprint density at radius 3 is 2.10 bits per heavy atom. The molecule has 0 bridgehead atoms. The summed E-state index contributed by atoms with van der Waals surface area (Å²) in [5.41, 5.74) is 11.8. The summed E-state index contributed by atoms with van der Waals surface area (Å²) in [6.07, 6.45) is 7.85. The van der Waals surface area contributed by atoms with Crippen molar-refractivity contribution in [3.05, 3.63) is 47.2 Å². The topological polar surface area (TPSA) is 133 Å². The first-order valence-electron chi connectivity index (χ1n) is 12.2. The fourth-order valence-electron chi connectivity index (χ4n) is 3.54. The second-order valence-corrected chi connectivity index (χ2v) is 9.12. The van der Waals surface area contributed by atoms with Gasteiger partial charge in [-0.05, 0) is 59.2 Å². The third-order valence-electron chi connectivity index (χ3n) is 5.47. The molecule has 0 unspecified atom stereocenters. The molecule has 4 rings (SSSR count). The highest BCUT2D eigenvalue weighted by Gasteiger charge is 2.20. The van der Waals surface area contributed by atoms with E-state index in [2.05, 4.69) is 51.2 Å². The first-order chi connectivity index (χ1) is 18.7. The van der Waals surface area contributed by atoms with Crippen LogP contribution in [0.15, 0.2) is 37.2 Å². The van der Waals surface area contributed by atoms with Crippen molar-refractivity contribution in [2.45, 2.75) is 12.8 Å². The number of benzene rings is 1. The number of aldehydes is 1. The third-order valence-corrected chi connectivity index (χ3v) is 6.22. The van der Waals surface area contributed by atoms with Gasteiger partial charge in [-0.25, -0.2) is 9.97 Å². The summed E-state index contributed by atoms with van der Waals surface area (Å²) in [7, 11) is 8.80. The lowest BCUT2D eigenvalue weighted by molar-refractivity contribution is -0.104. The number of methoxy groups -OCH3 is 2. The van der Waals surface area contributed by atoms with Crippen LogP contribution in [0.5, 0.6) is 11.5 Å². The predicted octanol–water partition coefficient (Wildman–Crippen LogP) is 4.19. The summed E-state index contributed by atoms with van der Waals surface area (Å²) in [5, 5.41) is 1.46. The second kappa shape index (κ2) is 18.3. The number of nitrogen functional groups attached to an aromatic ring is 1. The largest absolute Gasteiger partial charge is 0.495 e. The average molecular weight is 581 g/mol. The van der Waals surface area contributed by atoms with Gasteiger partial charge in [-0.1, -0.05) is 29.8 Å². The Kier molecular flexibility index (Phi) is 16.0. The summed E-state index contributed by atoms with van der Waals surface area (Å²) in [4.78, 5) is 26.3. The van der Waals surface area contributed by atoms with Gasteiger partial charge in [0.1, 0.15) is 17.8 Å². The van der Waals surface area contributed by atoms with E-state index in [1.807, 2.05) is 0 Å². The second-order valence-electron chi connectivity index (χ2n) is 8.36. The van der Waals surface area contributed by atoms with Crippen molar-refractivity contribution in [3.8, 4) is 22.8 Å². The van der Waals surface area contributed by atoms with E-state index in [1.54, 1.807) is 24.5 Å². The number of nitrogens with zero attached hydrogens (tertiary/aromatic N) is 5. The lowest BCUT2D eigenvalue weighted by Crippen LogP contribution is -2.29. The number of pyridine rings is 1. The summed E-state index contributed by atoms with van der Waals surface area (Å²) < 4.78 is 10.5. The summed E-state index contributed by atoms with van der Waals surface area (Å²) in [6, 6.07) is 3.40. The molecule has 39 heavy (non-hydrogen) atoms. The summed E-state index contributed by atoms with van der Waals surface area (Å²) >= 11 is 12.8. The number of ether oxygens (including phenoxy) is 2. The number of allylic oxidation sites excluding steroid dienone is 1. The number of anilines is 1. The maximum Gasteiger partial charge on any atom is 0.220 e. The Morgan fingerprint density at radius 2 is 1.62 bits per heavy atom. The number of fused-ring (bicyclic) bond motifs is 1. The molecule has 1 aliphatic rings. The van der Waals surface area contributed by atoms with Crippen molar-refractivity contribution in [2.75, 3.05) is 67.3 Å². The molecule has 4 N–H and O–H groups in total.